The minimum Gasteiger partial charge on any atom is -0.317 e. The van der Waals surface area contributed by atoms with Gasteiger partial charge in [0, 0.05) is 6.54 Å². The Balaban J connectivity index is 2.71. The largest absolute Gasteiger partial charge is 0.335 e. The van der Waals surface area contributed by atoms with Gasteiger partial charge in [-0.2, -0.15) is 0 Å². The van der Waals surface area contributed by atoms with Gasteiger partial charge >= 0.3 is 6.03 Å². The maximum Gasteiger partial charge on any atom is 0.335 e. The van der Waals surface area contributed by atoms with Crippen molar-refractivity contribution in [3.8, 4) is 0 Å². The number of carbonyl (C=O) groups excluding carboxylic acids is 1. The van der Waals surface area contributed by atoms with Crippen molar-refractivity contribution in [1.82, 2.24) is 9.21 Å². The third-order valence-electron chi connectivity index (χ3n) is 1.40. The highest BCUT2D eigenvalue weighted by molar-refractivity contribution is 7.84. The van der Waals surface area contributed by atoms with Crippen molar-refractivity contribution in [1.29, 1.82) is 0 Å². The van der Waals surface area contributed by atoms with Gasteiger partial charge in [0.25, 0.3) is 0 Å². The molecule has 0 aromatic carbocycles. The maximum atomic E-state index is 11.0. The summed E-state index contributed by atoms with van der Waals surface area (Å²) in [6.07, 6.45) is 0. The number of hydrogen-bond acceptors (Lipinski definition) is 3. The van der Waals surface area contributed by atoms with Gasteiger partial charge in [-0.15, -0.1) is 0 Å². The molecule has 0 spiro atoms. The van der Waals surface area contributed by atoms with Crippen molar-refractivity contribution in [3.05, 3.63) is 0 Å². The van der Waals surface area contributed by atoms with Crippen LogP contribution in [0.15, 0.2) is 0 Å². The fourth-order valence-electron chi connectivity index (χ4n) is 0.786. The summed E-state index contributed by atoms with van der Waals surface area (Å²) in [7, 11) is 0. The summed E-state index contributed by atoms with van der Waals surface area (Å²) < 4.78 is 1.21. The van der Waals surface area contributed by atoms with Crippen LogP contribution in [0, 0.1) is 0 Å². The number of likely N-dealkylation sites (N-methyl/N-ethyl adjacent to an activating group) is 1. The van der Waals surface area contributed by atoms with Gasteiger partial charge in [-0.1, -0.05) is 25.0 Å². The number of thiol groups is 1. The van der Waals surface area contributed by atoms with Crippen LogP contribution >= 0.6 is 25.0 Å². The van der Waals surface area contributed by atoms with Crippen LogP contribution in [0.5, 0.6) is 0 Å². The van der Waals surface area contributed by atoms with Crippen molar-refractivity contribution in [2.75, 3.05) is 13.1 Å². The maximum absolute atomic E-state index is 11.0. The first kappa shape index (κ1) is 7.81. The van der Waals surface area contributed by atoms with Crippen molar-refractivity contribution < 1.29 is 4.79 Å². The third kappa shape index (κ3) is 1.11. The molecule has 3 nitrogen and oxygen atoms in total. The Labute approximate surface area is 70.5 Å². The first-order valence-corrected chi connectivity index (χ1v) is 3.78. The van der Waals surface area contributed by atoms with Gasteiger partial charge in [0.05, 0.1) is 6.54 Å². The second-order valence-corrected chi connectivity index (χ2v) is 2.87. The zero-order chi connectivity index (χ0) is 7.72. The quantitative estimate of drug-likeness (QED) is 0.474. The van der Waals surface area contributed by atoms with Gasteiger partial charge in [0.15, 0.2) is 0 Å². The van der Waals surface area contributed by atoms with Gasteiger partial charge in [-0.05, 0) is 6.92 Å². The fraction of sp³-hybridized carbons (Fsp3) is 0.600. The van der Waals surface area contributed by atoms with Crippen LogP contribution in [-0.2, 0) is 0 Å². The molecule has 0 radical (unpaired) electrons. The van der Waals surface area contributed by atoms with Crippen LogP contribution in [0.25, 0.3) is 0 Å². The van der Waals surface area contributed by atoms with Gasteiger partial charge in [0.2, 0.25) is 0 Å². The molecule has 1 aliphatic rings. The second kappa shape index (κ2) is 2.75. The van der Waals surface area contributed by atoms with Gasteiger partial charge in [0.1, 0.15) is 4.99 Å². The van der Waals surface area contributed by atoms with E-state index in [0.29, 0.717) is 18.1 Å². The number of thiocarbonyl (C=S) groups is 1. The molecule has 1 fully saturated rings. The highest BCUT2D eigenvalue weighted by Gasteiger charge is 2.29. The smallest absolute Gasteiger partial charge is 0.317 e. The predicted molar refractivity (Wildman–Crippen MR) is 46.1 cm³/mol. The molecule has 0 atom stereocenters. The first-order valence-electron chi connectivity index (χ1n) is 2.97. The molecule has 0 aliphatic carbocycles. The average molecular weight is 176 g/mol. The first-order chi connectivity index (χ1) is 4.66. The van der Waals surface area contributed by atoms with E-state index in [0.717, 1.165) is 0 Å². The molecule has 1 aliphatic heterocycles. The van der Waals surface area contributed by atoms with E-state index in [9.17, 15) is 4.79 Å². The van der Waals surface area contributed by atoms with E-state index in [1.165, 1.54) is 4.31 Å². The summed E-state index contributed by atoms with van der Waals surface area (Å²) in [4.78, 5) is 13.2. The van der Waals surface area contributed by atoms with Crippen LogP contribution in [0.3, 0.4) is 0 Å². The molecule has 10 heavy (non-hydrogen) atoms. The zero-order valence-corrected chi connectivity index (χ0v) is 7.28. The van der Waals surface area contributed by atoms with Crippen LogP contribution < -0.4 is 0 Å². The second-order valence-electron chi connectivity index (χ2n) is 2.00. The standard InChI is InChI=1S/C5H8N2OS2/c1-2-6-3-4(9)7(10)5(6)8/h10H,2-3H2,1H3. The highest BCUT2D eigenvalue weighted by Crippen LogP contribution is 2.12. The lowest BCUT2D eigenvalue weighted by molar-refractivity contribution is 0.211. The molecule has 0 saturated carbocycles. The van der Waals surface area contributed by atoms with Crippen molar-refractivity contribution in [2.24, 2.45) is 0 Å². The molecule has 56 valence electrons. The topological polar surface area (TPSA) is 23.6 Å². The normalized spacial score (nSPS) is 19.0. The fourth-order valence-corrected chi connectivity index (χ4v) is 1.21. The average Bonchev–Trinajstić information content (AvgIpc) is 2.17. The molecule has 5 heteroatoms. The van der Waals surface area contributed by atoms with Gasteiger partial charge in [-0.3, -0.25) is 0 Å². The van der Waals surface area contributed by atoms with E-state index in [1.807, 2.05) is 6.92 Å². The Bertz CT molecular complexity index is 182. The van der Waals surface area contributed by atoms with Gasteiger partial charge in [-0.25, -0.2) is 9.10 Å². The minimum absolute atomic E-state index is 0.115. The van der Waals surface area contributed by atoms with E-state index in [4.69, 9.17) is 12.2 Å². The Kier molecular flexibility index (Phi) is 2.15. The molecule has 2 amide bonds. The molecule has 1 rings (SSSR count). The number of rotatable bonds is 1. The monoisotopic (exact) mass is 176 g/mol. The summed E-state index contributed by atoms with van der Waals surface area (Å²) in [5.74, 6) is 0. The summed E-state index contributed by atoms with van der Waals surface area (Å²) >= 11 is 8.75. The van der Waals surface area contributed by atoms with Crippen LogP contribution in [0.4, 0.5) is 4.79 Å². The lowest BCUT2D eigenvalue weighted by Gasteiger charge is -2.09. The van der Waals surface area contributed by atoms with E-state index in [1.54, 1.807) is 4.90 Å². The van der Waals surface area contributed by atoms with Crippen molar-refractivity contribution in [2.45, 2.75) is 6.92 Å². The third-order valence-corrected chi connectivity index (χ3v) is 2.26. The van der Waals surface area contributed by atoms with E-state index < -0.39 is 0 Å². The van der Waals surface area contributed by atoms with Crippen molar-refractivity contribution >= 4 is 36.1 Å². The Morgan fingerprint density at radius 3 is 2.60 bits per heavy atom. The van der Waals surface area contributed by atoms with E-state index in [-0.39, 0.29) is 6.03 Å². The Morgan fingerprint density at radius 1 is 1.80 bits per heavy atom. The molecule has 0 bridgehead atoms. The SMILES string of the molecule is CCN1CC(=S)N(S)C1=O. The predicted octanol–water partition coefficient (Wildman–Crippen LogP) is 0.916. The lowest BCUT2D eigenvalue weighted by Crippen LogP contribution is -2.26. The van der Waals surface area contributed by atoms with Crippen LogP contribution in [0.1, 0.15) is 6.92 Å². The summed E-state index contributed by atoms with van der Waals surface area (Å²) in [6.45, 7) is 3.14. The molecular weight excluding hydrogens is 168 g/mol. The molecule has 0 N–H and O–H groups in total. The Hall–Kier alpha value is -0.290. The summed E-state index contributed by atoms with van der Waals surface area (Å²) in [5.41, 5.74) is 0. The Morgan fingerprint density at radius 2 is 2.40 bits per heavy atom. The van der Waals surface area contributed by atoms with Crippen LogP contribution in [0.2, 0.25) is 0 Å². The number of hydrogen-bond donors (Lipinski definition) is 1. The minimum atomic E-state index is -0.115. The number of amides is 2. The zero-order valence-electron chi connectivity index (χ0n) is 5.57. The van der Waals surface area contributed by atoms with Crippen LogP contribution in [-0.4, -0.2) is 33.3 Å². The molecule has 0 aromatic heterocycles. The van der Waals surface area contributed by atoms with E-state index in [2.05, 4.69) is 12.8 Å². The number of nitrogens with zero attached hydrogens (tertiary/aromatic N) is 2. The van der Waals surface area contributed by atoms with Gasteiger partial charge < -0.3 is 4.90 Å². The summed E-state index contributed by atoms with van der Waals surface area (Å²) in [6, 6.07) is -0.115. The van der Waals surface area contributed by atoms with E-state index >= 15 is 0 Å². The highest BCUT2D eigenvalue weighted by atomic mass is 32.1. The van der Waals surface area contributed by atoms with Crippen molar-refractivity contribution in [3.63, 3.8) is 0 Å². The molecule has 1 saturated heterocycles. The summed E-state index contributed by atoms with van der Waals surface area (Å²) in [5, 5.41) is 0. The number of urea groups is 1. The molecule has 1 heterocycles. The molecule has 0 aromatic rings. The molecule has 0 unspecified atom stereocenters. The lowest BCUT2D eigenvalue weighted by atomic mass is 10.6. The molecular formula is C5H8N2OS2. The number of carbonyl (C=O) groups is 1.